The Bertz CT molecular complexity index is 1460. The van der Waals surface area contributed by atoms with E-state index in [0.717, 1.165) is 5.39 Å². The number of halogens is 1. The van der Waals surface area contributed by atoms with E-state index in [9.17, 15) is 18.0 Å². The van der Waals surface area contributed by atoms with Gasteiger partial charge in [0.05, 0.1) is 41.0 Å². The molecule has 2 aliphatic heterocycles. The van der Waals surface area contributed by atoms with Crippen molar-refractivity contribution in [2.45, 2.75) is 17.9 Å². The molecule has 0 spiro atoms. The third kappa shape index (κ3) is 3.57. The fraction of sp³-hybridized carbons (Fsp3) is 0.167. The summed E-state index contributed by atoms with van der Waals surface area (Å²) in [5, 5.41) is 7.27. The number of sulfonamides is 1. The lowest BCUT2D eigenvalue weighted by molar-refractivity contribution is -0.139. The van der Waals surface area contributed by atoms with Crippen LogP contribution in [0.5, 0.6) is 0 Å². The average molecular weight is 498 g/mol. The molecule has 34 heavy (non-hydrogen) atoms. The van der Waals surface area contributed by atoms with E-state index in [4.69, 9.17) is 16.3 Å². The summed E-state index contributed by atoms with van der Waals surface area (Å²) in [5.41, 5.74) is 1.37. The molecule has 5 rings (SSSR count). The van der Waals surface area contributed by atoms with Crippen LogP contribution in [0.15, 0.2) is 76.8 Å². The second kappa shape index (κ2) is 8.34. The fourth-order valence-corrected chi connectivity index (χ4v) is 6.17. The van der Waals surface area contributed by atoms with Crippen molar-refractivity contribution in [2.75, 3.05) is 17.5 Å². The molecular weight excluding hydrogens is 478 g/mol. The van der Waals surface area contributed by atoms with Gasteiger partial charge in [0.15, 0.2) is 0 Å². The molecule has 174 valence electrons. The number of rotatable bonds is 5. The van der Waals surface area contributed by atoms with E-state index in [2.05, 4.69) is 10.6 Å². The van der Waals surface area contributed by atoms with Crippen LogP contribution in [0.1, 0.15) is 18.5 Å². The summed E-state index contributed by atoms with van der Waals surface area (Å²) >= 11 is 6.01. The molecule has 2 N–H and O–H groups in total. The van der Waals surface area contributed by atoms with Crippen molar-refractivity contribution in [3.8, 4) is 0 Å². The molecule has 3 aromatic carbocycles. The van der Waals surface area contributed by atoms with Crippen LogP contribution >= 0.6 is 11.6 Å². The molecule has 0 saturated heterocycles. The zero-order chi connectivity index (χ0) is 24.0. The zero-order valence-electron chi connectivity index (χ0n) is 18.0. The van der Waals surface area contributed by atoms with Gasteiger partial charge in [0.2, 0.25) is 0 Å². The monoisotopic (exact) mass is 497 g/mol. The first-order valence-electron chi connectivity index (χ1n) is 10.6. The van der Waals surface area contributed by atoms with Crippen LogP contribution in [0.2, 0.25) is 5.02 Å². The van der Waals surface area contributed by atoms with Crippen molar-refractivity contribution in [3.63, 3.8) is 0 Å². The maximum absolute atomic E-state index is 13.5. The maximum atomic E-state index is 13.5. The highest BCUT2D eigenvalue weighted by molar-refractivity contribution is 7.93. The minimum atomic E-state index is -3.91. The topological polar surface area (TPSA) is 105 Å². The standard InChI is InChI=1S/C24H20ClN3O5S/c1-2-33-23(29)21-17(26-24(30)27-22(21)15-9-11-16(25)12-10-15)13-28-18-7-3-5-14-6-4-8-19(20(14)18)34(28,31)32/h3-12,22H,2,13H2,1H3,(H2,26,27,30). The van der Waals surface area contributed by atoms with E-state index in [1.807, 2.05) is 12.1 Å². The molecule has 0 aromatic heterocycles. The largest absolute Gasteiger partial charge is 0.463 e. The van der Waals surface area contributed by atoms with E-state index in [1.54, 1.807) is 55.5 Å². The molecule has 8 nitrogen and oxygen atoms in total. The highest BCUT2D eigenvalue weighted by Gasteiger charge is 2.40. The minimum Gasteiger partial charge on any atom is -0.463 e. The van der Waals surface area contributed by atoms with Crippen molar-refractivity contribution in [2.24, 2.45) is 0 Å². The Morgan fingerprint density at radius 3 is 2.50 bits per heavy atom. The Morgan fingerprint density at radius 1 is 1.09 bits per heavy atom. The quantitative estimate of drug-likeness (QED) is 0.521. The molecule has 10 heteroatoms. The predicted molar refractivity (Wildman–Crippen MR) is 128 cm³/mol. The lowest BCUT2D eigenvalue weighted by Gasteiger charge is -2.31. The first kappa shape index (κ1) is 22.2. The molecule has 2 amide bonds. The Morgan fingerprint density at radius 2 is 1.79 bits per heavy atom. The van der Waals surface area contributed by atoms with Crippen LogP contribution in [-0.2, 0) is 19.6 Å². The Labute approximate surface area is 201 Å². The number of hydrogen-bond donors (Lipinski definition) is 2. The number of nitrogens with zero attached hydrogens (tertiary/aromatic N) is 1. The lowest BCUT2D eigenvalue weighted by atomic mass is 9.95. The van der Waals surface area contributed by atoms with Gasteiger partial charge in [0.25, 0.3) is 10.0 Å². The number of carbonyl (C=O) groups is 2. The number of nitrogens with one attached hydrogen (secondary N) is 2. The number of amides is 2. The maximum Gasteiger partial charge on any atom is 0.338 e. The number of benzene rings is 3. The fourth-order valence-electron chi connectivity index (χ4n) is 4.37. The number of esters is 1. The molecule has 3 aromatic rings. The smallest absolute Gasteiger partial charge is 0.338 e. The van der Waals surface area contributed by atoms with E-state index in [1.165, 1.54) is 4.31 Å². The summed E-state index contributed by atoms with van der Waals surface area (Å²) in [6, 6.07) is 15.7. The van der Waals surface area contributed by atoms with Crippen LogP contribution in [0.3, 0.4) is 0 Å². The van der Waals surface area contributed by atoms with Gasteiger partial charge in [-0.25, -0.2) is 18.0 Å². The summed E-state index contributed by atoms with van der Waals surface area (Å²) in [5.74, 6) is -0.655. The van der Waals surface area contributed by atoms with E-state index in [-0.39, 0.29) is 29.3 Å². The molecule has 1 unspecified atom stereocenters. The zero-order valence-corrected chi connectivity index (χ0v) is 19.6. The number of carbonyl (C=O) groups excluding carboxylic acids is 2. The molecule has 2 heterocycles. The van der Waals surface area contributed by atoms with Gasteiger partial charge in [0, 0.05) is 10.4 Å². The number of urea groups is 1. The molecular formula is C24H20ClN3O5S. The van der Waals surface area contributed by atoms with Crippen LogP contribution in [0.25, 0.3) is 10.8 Å². The number of anilines is 1. The van der Waals surface area contributed by atoms with Gasteiger partial charge in [-0.05, 0) is 42.1 Å². The van der Waals surface area contributed by atoms with Crippen molar-refractivity contribution in [1.29, 1.82) is 0 Å². The Kier molecular flexibility index (Phi) is 5.45. The Balaban J connectivity index is 1.65. The number of hydrogen-bond acceptors (Lipinski definition) is 5. The normalized spacial score (nSPS) is 18.6. The average Bonchev–Trinajstić information content (AvgIpc) is 3.02. The van der Waals surface area contributed by atoms with E-state index >= 15 is 0 Å². The van der Waals surface area contributed by atoms with Gasteiger partial charge in [-0.3, -0.25) is 4.31 Å². The summed E-state index contributed by atoms with van der Waals surface area (Å²) in [4.78, 5) is 25.8. The molecule has 1 atom stereocenters. The van der Waals surface area contributed by atoms with Gasteiger partial charge >= 0.3 is 12.0 Å². The molecule has 2 aliphatic rings. The molecule has 0 bridgehead atoms. The molecule has 0 saturated carbocycles. The van der Waals surface area contributed by atoms with Gasteiger partial charge in [-0.1, -0.05) is 48.0 Å². The third-order valence-electron chi connectivity index (χ3n) is 5.84. The van der Waals surface area contributed by atoms with Crippen molar-refractivity contribution < 1.29 is 22.7 Å². The lowest BCUT2D eigenvalue weighted by Crippen LogP contribution is -2.48. The first-order valence-corrected chi connectivity index (χ1v) is 12.4. The van der Waals surface area contributed by atoms with Crippen molar-refractivity contribution in [3.05, 3.63) is 82.5 Å². The van der Waals surface area contributed by atoms with Gasteiger partial charge in [-0.15, -0.1) is 0 Å². The van der Waals surface area contributed by atoms with Crippen LogP contribution < -0.4 is 14.9 Å². The highest BCUT2D eigenvalue weighted by Crippen LogP contribution is 2.42. The summed E-state index contributed by atoms with van der Waals surface area (Å²) in [6.45, 7) is 1.54. The van der Waals surface area contributed by atoms with Crippen molar-refractivity contribution in [1.82, 2.24) is 10.6 Å². The second-order valence-corrected chi connectivity index (χ2v) is 10.1. The second-order valence-electron chi connectivity index (χ2n) is 7.84. The predicted octanol–water partition coefficient (Wildman–Crippen LogP) is 3.87. The molecule has 0 aliphatic carbocycles. The van der Waals surface area contributed by atoms with E-state index < -0.39 is 28.1 Å². The van der Waals surface area contributed by atoms with Crippen LogP contribution in [-0.4, -0.2) is 33.6 Å². The SMILES string of the molecule is CCOC(=O)C1=C(CN2c3cccc4cccc(c34)S2(=O)=O)NC(=O)NC1c1ccc(Cl)cc1. The molecule has 0 radical (unpaired) electrons. The van der Waals surface area contributed by atoms with Crippen molar-refractivity contribution >= 4 is 50.1 Å². The first-order chi connectivity index (χ1) is 16.3. The highest BCUT2D eigenvalue weighted by atomic mass is 35.5. The summed E-state index contributed by atoms with van der Waals surface area (Å²) in [7, 11) is -3.91. The summed E-state index contributed by atoms with van der Waals surface area (Å²) in [6.07, 6.45) is 0. The van der Waals surface area contributed by atoms with E-state index in [0.29, 0.717) is 21.7 Å². The van der Waals surface area contributed by atoms with Gasteiger partial charge < -0.3 is 15.4 Å². The van der Waals surface area contributed by atoms with Gasteiger partial charge in [0.1, 0.15) is 0 Å². The van der Waals surface area contributed by atoms with Gasteiger partial charge in [-0.2, -0.15) is 0 Å². The summed E-state index contributed by atoms with van der Waals surface area (Å²) < 4.78 is 33.4. The number of ether oxygens (including phenoxy) is 1. The van der Waals surface area contributed by atoms with Crippen LogP contribution in [0, 0.1) is 0 Å². The third-order valence-corrected chi connectivity index (χ3v) is 7.89. The minimum absolute atomic E-state index is 0.115. The Hall–Kier alpha value is -3.56. The molecule has 0 fully saturated rings. The van der Waals surface area contributed by atoms with Crippen LogP contribution in [0.4, 0.5) is 10.5 Å².